The van der Waals surface area contributed by atoms with Crippen LogP contribution < -0.4 is 10.0 Å². The van der Waals surface area contributed by atoms with E-state index < -0.39 is 15.9 Å². The summed E-state index contributed by atoms with van der Waals surface area (Å²) in [5, 5.41) is 6.63. The van der Waals surface area contributed by atoms with Gasteiger partial charge in [-0.1, -0.05) is 18.2 Å². The maximum absolute atomic E-state index is 13.4. The van der Waals surface area contributed by atoms with Crippen molar-refractivity contribution >= 4 is 43.7 Å². The number of carbonyl (C=O) groups is 1. The van der Waals surface area contributed by atoms with Gasteiger partial charge < -0.3 is 0 Å². The zero-order chi connectivity index (χ0) is 21.8. The summed E-state index contributed by atoms with van der Waals surface area (Å²) in [6.07, 6.45) is 0. The molecule has 2 aromatic heterocycles. The summed E-state index contributed by atoms with van der Waals surface area (Å²) in [6.45, 7) is 0.208. The first-order valence-corrected chi connectivity index (χ1v) is 12.3. The molecule has 6 nitrogen and oxygen atoms in total. The number of thiazole rings is 1. The van der Waals surface area contributed by atoms with Crippen LogP contribution in [-0.2, 0) is 16.6 Å². The molecule has 0 spiro atoms. The fourth-order valence-corrected chi connectivity index (χ4v) is 5.19. The Hall–Kier alpha value is -2.92. The Bertz CT molecular complexity index is 1300. The molecular formula is C21H16FN3O3S3. The Kier molecular flexibility index (Phi) is 6.23. The van der Waals surface area contributed by atoms with E-state index in [1.54, 1.807) is 17.5 Å². The molecule has 2 heterocycles. The van der Waals surface area contributed by atoms with Gasteiger partial charge in [0.05, 0.1) is 10.6 Å². The Morgan fingerprint density at radius 1 is 1.03 bits per heavy atom. The molecule has 0 atom stereocenters. The van der Waals surface area contributed by atoms with Crippen LogP contribution in [0.15, 0.2) is 76.3 Å². The predicted octanol–water partition coefficient (Wildman–Crippen LogP) is 4.74. The number of rotatable bonds is 7. The molecule has 10 heteroatoms. The number of benzene rings is 2. The molecule has 0 saturated carbocycles. The smallest absolute Gasteiger partial charge is 0.257 e. The maximum Gasteiger partial charge on any atom is 0.257 e. The van der Waals surface area contributed by atoms with Crippen molar-refractivity contribution in [1.82, 2.24) is 9.71 Å². The lowest BCUT2D eigenvalue weighted by Gasteiger charge is -2.07. The zero-order valence-corrected chi connectivity index (χ0v) is 18.4. The van der Waals surface area contributed by atoms with Gasteiger partial charge >= 0.3 is 0 Å². The second kappa shape index (κ2) is 9.06. The lowest BCUT2D eigenvalue weighted by atomic mass is 10.2. The van der Waals surface area contributed by atoms with Crippen LogP contribution >= 0.6 is 22.7 Å². The second-order valence-electron chi connectivity index (χ2n) is 6.43. The third-order valence-electron chi connectivity index (χ3n) is 4.29. The van der Waals surface area contributed by atoms with Crippen LogP contribution in [0.3, 0.4) is 0 Å². The normalized spacial score (nSPS) is 11.4. The Balaban J connectivity index is 1.41. The first kappa shape index (κ1) is 21.3. The summed E-state index contributed by atoms with van der Waals surface area (Å²) in [6, 6.07) is 15.4. The van der Waals surface area contributed by atoms with Crippen molar-refractivity contribution < 1.29 is 17.6 Å². The van der Waals surface area contributed by atoms with Gasteiger partial charge in [0.2, 0.25) is 10.0 Å². The molecular weight excluding hydrogens is 457 g/mol. The number of amides is 1. The van der Waals surface area contributed by atoms with Gasteiger partial charge in [0.1, 0.15) is 5.82 Å². The molecule has 0 unspecified atom stereocenters. The molecule has 158 valence electrons. The fourth-order valence-electron chi connectivity index (χ4n) is 2.73. The van der Waals surface area contributed by atoms with Gasteiger partial charge in [0.15, 0.2) is 5.13 Å². The van der Waals surface area contributed by atoms with E-state index >= 15 is 0 Å². The van der Waals surface area contributed by atoms with Crippen molar-refractivity contribution in [2.24, 2.45) is 0 Å². The van der Waals surface area contributed by atoms with Crippen molar-refractivity contribution in [3.63, 3.8) is 0 Å². The van der Waals surface area contributed by atoms with Crippen molar-refractivity contribution in [2.75, 3.05) is 5.32 Å². The molecule has 0 aliphatic heterocycles. The maximum atomic E-state index is 13.4. The highest BCUT2D eigenvalue weighted by Crippen LogP contribution is 2.25. The van der Waals surface area contributed by atoms with Crippen molar-refractivity contribution in [2.45, 2.75) is 11.4 Å². The highest BCUT2D eigenvalue weighted by molar-refractivity contribution is 7.89. The van der Waals surface area contributed by atoms with Crippen LogP contribution in [0.1, 0.15) is 15.2 Å². The van der Waals surface area contributed by atoms with Crippen molar-refractivity contribution in [3.8, 4) is 11.3 Å². The molecule has 0 aliphatic carbocycles. The van der Waals surface area contributed by atoms with E-state index in [1.807, 2.05) is 17.5 Å². The molecule has 0 aliphatic rings. The molecule has 2 N–H and O–H groups in total. The van der Waals surface area contributed by atoms with Gasteiger partial charge in [-0.15, -0.1) is 22.7 Å². The summed E-state index contributed by atoms with van der Waals surface area (Å²) in [4.78, 5) is 17.8. The second-order valence-corrected chi connectivity index (χ2v) is 10.1. The minimum atomic E-state index is -3.68. The number of halogens is 1. The summed E-state index contributed by atoms with van der Waals surface area (Å²) >= 11 is 2.68. The number of thiophene rings is 1. The molecule has 4 rings (SSSR count). The number of nitrogens with zero attached hydrogens (tertiary/aromatic N) is 1. The number of aromatic nitrogens is 1. The largest absolute Gasteiger partial charge is 0.298 e. The van der Waals surface area contributed by atoms with Gasteiger partial charge in [-0.05, 0) is 47.8 Å². The SMILES string of the molecule is O=C(Nc1nc(-c2cccc(F)c2)cs1)c1ccc(S(=O)(=O)NCc2cccs2)cc1. The number of nitrogens with one attached hydrogen (secondary N) is 2. The van der Waals surface area contributed by atoms with E-state index in [2.05, 4.69) is 15.0 Å². The van der Waals surface area contributed by atoms with E-state index in [4.69, 9.17) is 0 Å². The van der Waals surface area contributed by atoms with Crippen LogP contribution in [0.2, 0.25) is 0 Å². The number of hydrogen-bond donors (Lipinski definition) is 2. The van der Waals surface area contributed by atoms with Crippen molar-refractivity contribution in [1.29, 1.82) is 0 Å². The van der Waals surface area contributed by atoms with Crippen LogP contribution in [0.25, 0.3) is 11.3 Å². The minimum Gasteiger partial charge on any atom is -0.298 e. The lowest BCUT2D eigenvalue weighted by Crippen LogP contribution is -2.23. The molecule has 0 bridgehead atoms. The Labute approximate surface area is 186 Å². The van der Waals surface area contributed by atoms with Gasteiger partial charge in [-0.3, -0.25) is 10.1 Å². The average molecular weight is 474 g/mol. The van der Waals surface area contributed by atoms with Crippen LogP contribution in [-0.4, -0.2) is 19.3 Å². The quantitative estimate of drug-likeness (QED) is 0.406. The standard InChI is InChI=1S/C21H16FN3O3S3/c22-16-4-1-3-15(11-16)19-13-30-21(24-19)25-20(26)14-6-8-18(9-7-14)31(27,28)23-12-17-5-2-10-29-17/h1-11,13,23H,12H2,(H,24,25,26). The molecule has 31 heavy (non-hydrogen) atoms. The first-order chi connectivity index (χ1) is 14.9. The topological polar surface area (TPSA) is 88.2 Å². The van der Waals surface area contributed by atoms with E-state index in [0.717, 1.165) is 4.88 Å². The fraction of sp³-hybridized carbons (Fsp3) is 0.0476. The lowest BCUT2D eigenvalue weighted by molar-refractivity contribution is 0.102. The molecule has 2 aromatic carbocycles. The van der Waals surface area contributed by atoms with Crippen LogP contribution in [0.5, 0.6) is 0 Å². The molecule has 4 aromatic rings. The van der Waals surface area contributed by atoms with Gasteiger partial charge in [-0.25, -0.2) is 22.5 Å². The van der Waals surface area contributed by atoms with E-state index in [1.165, 1.54) is 59.1 Å². The molecule has 0 radical (unpaired) electrons. The molecule has 0 fully saturated rings. The van der Waals surface area contributed by atoms with Gasteiger partial charge in [0.25, 0.3) is 5.91 Å². The average Bonchev–Trinajstić information content (AvgIpc) is 3.45. The summed E-state index contributed by atoms with van der Waals surface area (Å²) in [7, 11) is -3.68. The van der Waals surface area contributed by atoms with Gasteiger partial charge in [-0.2, -0.15) is 0 Å². The van der Waals surface area contributed by atoms with Crippen molar-refractivity contribution in [3.05, 3.63) is 87.7 Å². The van der Waals surface area contributed by atoms with E-state index in [-0.39, 0.29) is 17.3 Å². The zero-order valence-electron chi connectivity index (χ0n) is 15.9. The van der Waals surface area contributed by atoms with E-state index in [9.17, 15) is 17.6 Å². The summed E-state index contributed by atoms with van der Waals surface area (Å²) in [5.74, 6) is -0.786. The van der Waals surface area contributed by atoms with Crippen LogP contribution in [0.4, 0.5) is 9.52 Å². The highest BCUT2D eigenvalue weighted by atomic mass is 32.2. The minimum absolute atomic E-state index is 0.0724. The first-order valence-electron chi connectivity index (χ1n) is 9.06. The number of anilines is 1. The highest BCUT2D eigenvalue weighted by Gasteiger charge is 2.16. The number of sulfonamides is 1. The van der Waals surface area contributed by atoms with Gasteiger partial charge in [0, 0.05) is 27.9 Å². The predicted molar refractivity (Wildman–Crippen MR) is 120 cm³/mol. The van der Waals surface area contributed by atoms with Crippen LogP contribution in [0, 0.1) is 5.82 Å². The summed E-state index contributed by atoms with van der Waals surface area (Å²) in [5.41, 5.74) is 1.46. The molecule has 1 amide bonds. The Morgan fingerprint density at radius 2 is 1.84 bits per heavy atom. The number of hydrogen-bond acceptors (Lipinski definition) is 6. The third-order valence-corrected chi connectivity index (χ3v) is 7.34. The number of carbonyl (C=O) groups excluding carboxylic acids is 1. The Morgan fingerprint density at radius 3 is 2.55 bits per heavy atom. The molecule has 0 saturated heterocycles. The van der Waals surface area contributed by atoms with E-state index in [0.29, 0.717) is 22.0 Å². The summed E-state index contributed by atoms with van der Waals surface area (Å²) < 4.78 is 40.8. The monoisotopic (exact) mass is 473 g/mol. The third kappa shape index (κ3) is 5.23.